The highest BCUT2D eigenvalue weighted by Crippen LogP contribution is 2.43. The summed E-state index contributed by atoms with van der Waals surface area (Å²) in [5.74, 6) is -1.88. The van der Waals surface area contributed by atoms with Crippen LogP contribution in [-0.4, -0.2) is 105 Å². The first kappa shape index (κ1) is 45.1. The van der Waals surface area contributed by atoms with Gasteiger partial charge in [0.1, 0.15) is 35.7 Å². The second kappa shape index (κ2) is 18.4. The van der Waals surface area contributed by atoms with Crippen molar-refractivity contribution in [3.8, 4) is 0 Å². The van der Waals surface area contributed by atoms with Gasteiger partial charge in [0.15, 0.2) is 42.6 Å². The fourth-order valence-corrected chi connectivity index (χ4v) is 10.6. The van der Waals surface area contributed by atoms with Crippen LogP contribution in [0.1, 0.15) is 48.9 Å². The van der Waals surface area contributed by atoms with Gasteiger partial charge in [-0.2, -0.15) is 10.2 Å². The van der Waals surface area contributed by atoms with E-state index < -0.39 is 31.3 Å². The van der Waals surface area contributed by atoms with E-state index in [1.54, 1.807) is 12.4 Å². The Balaban J connectivity index is 1.09. The average molecular weight is 959 g/mol. The van der Waals surface area contributed by atoms with Crippen LogP contribution in [-0.2, 0) is 32.8 Å². The molecule has 0 aliphatic carbocycles. The molecule has 10 rings (SSSR count). The van der Waals surface area contributed by atoms with Gasteiger partial charge in [0.2, 0.25) is 0 Å². The molecule has 4 aromatic carbocycles. The van der Waals surface area contributed by atoms with Crippen molar-refractivity contribution in [3.63, 3.8) is 0 Å². The number of likely N-dealkylation sites (tertiary alicyclic amines) is 2. The number of benzene rings is 4. The van der Waals surface area contributed by atoms with Crippen LogP contribution in [0.5, 0.6) is 0 Å². The first-order chi connectivity index (χ1) is 32.8. The number of sulfone groups is 2. The third kappa shape index (κ3) is 9.03. The molecule has 2 fully saturated rings. The van der Waals surface area contributed by atoms with E-state index in [4.69, 9.17) is 20.2 Å². The largest absolute Gasteiger partial charge is 0.299 e. The van der Waals surface area contributed by atoms with Gasteiger partial charge in [-0.3, -0.25) is 9.80 Å². The molecule has 16 nitrogen and oxygen atoms in total. The van der Waals surface area contributed by atoms with E-state index >= 15 is 8.78 Å². The first-order valence-corrected chi connectivity index (χ1v) is 26.1. The van der Waals surface area contributed by atoms with Crippen molar-refractivity contribution >= 4 is 64.8 Å². The monoisotopic (exact) mass is 958 g/mol. The average Bonchev–Trinajstić information content (AvgIpc) is 3.98. The molecule has 0 saturated carbocycles. The number of hydrogen-bond donors (Lipinski definition) is 0. The summed E-state index contributed by atoms with van der Waals surface area (Å²) >= 11 is 0. The molecule has 2 saturated heterocycles. The highest BCUT2D eigenvalue weighted by atomic mass is 32.2. The van der Waals surface area contributed by atoms with E-state index in [1.165, 1.54) is 58.1 Å². The van der Waals surface area contributed by atoms with Crippen LogP contribution in [0.4, 0.5) is 31.8 Å². The van der Waals surface area contributed by atoms with Crippen LogP contribution in [0, 0.1) is 11.6 Å². The van der Waals surface area contributed by atoms with Gasteiger partial charge >= 0.3 is 0 Å². The van der Waals surface area contributed by atoms with Crippen molar-refractivity contribution < 1.29 is 25.6 Å². The molecule has 68 heavy (non-hydrogen) atoms. The second-order valence-corrected chi connectivity index (χ2v) is 21.5. The van der Waals surface area contributed by atoms with Gasteiger partial charge in [0.25, 0.3) is 0 Å². The van der Waals surface area contributed by atoms with Crippen molar-refractivity contribution in [3.05, 3.63) is 145 Å². The van der Waals surface area contributed by atoms with Crippen LogP contribution in [0.25, 0.3) is 22.1 Å². The molecular formula is C48H48F2N12O4S2. The SMILES string of the molecule is CS(=O)(=O)c1ccc(N(c2ncnc3c2cnn3C2CCN(Cc3ccccc3)CC2)N(c2ccc(S(C)(=O)=O)cc2F)c2ncnc3c2cnn3C2CCN(Cc3ccccc3)CC2)c(F)c1. The topological polar surface area (TPSA) is 168 Å². The molecule has 0 radical (unpaired) electrons. The highest BCUT2D eigenvalue weighted by Gasteiger charge is 2.35. The zero-order valence-electron chi connectivity index (χ0n) is 37.3. The molecule has 0 N–H and O–H groups in total. The van der Waals surface area contributed by atoms with Crippen molar-refractivity contribution in [2.75, 3.05) is 48.7 Å². The van der Waals surface area contributed by atoms with Crippen molar-refractivity contribution in [2.45, 2.75) is 60.6 Å². The summed E-state index contributed by atoms with van der Waals surface area (Å²) in [7, 11) is -7.74. The standard InChI is InChI=1S/C48H48F2N12O4S2/c1-67(63,64)37-13-15-43(41(49)25-37)61(47-39-27-55-59(45(39)51-31-53-47)35-17-21-57(22-18-35)29-33-9-5-3-6-10-33)62(44-16-14-38(26-42(44)50)68(2,65)66)48-40-28-56-60(46(40)52-32-54-48)36-19-23-58(24-20-36)30-34-11-7-4-8-12-34/h3-16,25-28,31-32,35-36H,17-24,29-30H2,1-2H3. The number of hydrazine groups is 1. The molecular weight excluding hydrogens is 911 g/mol. The van der Waals surface area contributed by atoms with Crippen LogP contribution in [0.2, 0.25) is 0 Å². The molecule has 0 unspecified atom stereocenters. The summed E-state index contributed by atoms with van der Waals surface area (Å²) in [5, 5.41) is 13.0. The van der Waals surface area contributed by atoms with Crippen LogP contribution < -0.4 is 10.0 Å². The Morgan fingerprint density at radius 3 is 1.28 bits per heavy atom. The molecule has 6 heterocycles. The molecule has 0 bridgehead atoms. The van der Waals surface area contributed by atoms with Gasteiger partial charge in [-0.05, 0) is 73.2 Å². The quantitative estimate of drug-likeness (QED) is 0.104. The summed E-state index contributed by atoms with van der Waals surface area (Å²) in [5.41, 5.74) is 2.84. The maximum atomic E-state index is 17.0. The fourth-order valence-electron chi connectivity index (χ4n) is 9.31. The maximum absolute atomic E-state index is 17.0. The lowest BCUT2D eigenvalue weighted by molar-refractivity contribution is 0.175. The molecule has 20 heteroatoms. The molecule has 0 spiro atoms. The van der Waals surface area contributed by atoms with Crippen molar-refractivity contribution in [1.29, 1.82) is 0 Å². The number of nitrogens with zero attached hydrogens (tertiary/aromatic N) is 12. The minimum absolute atomic E-state index is 0.0453. The zero-order valence-corrected chi connectivity index (χ0v) is 39.0. The molecule has 2 aliphatic heterocycles. The number of piperidine rings is 2. The fraction of sp³-hybridized carbons (Fsp3) is 0.292. The molecule has 2 aliphatic rings. The number of fused-ring (bicyclic) bond motifs is 2. The maximum Gasteiger partial charge on any atom is 0.175 e. The van der Waals surface area contributed by atoms with E-state index in [0.29, 0.717) is 22.1 Å². The molecule has 8 aromatic rings. The molecule has 0 amide bonds. The highest BCUT2D eigenvalue weighted by molar-refractivity contribution is 7.91. The van der Waals surface area contributed by atoms with Gasteiger partial charge in [-0.25, -0.2) is 64.9 Å². The molecule has 4 aromatic heterocycles. The lowest BCUT2D eigenvalue weighted by Crippen LogP contribution is -2.38. The third-order valence-corrected chi connectivity index (χ3v) is 15.0. The summed E-state index contributed by atoms with van der Waals surface area (Å²) in [4.78, 5) is 23.0. The van der Waals surface area contributed by atoms with Gasteiger partial charge < -0.3 is 0 Å². The Labute approximate surface area is 392 Å². The van der Waals surface area contributed by atoms with E-state index in [2.05, 4.69) is 44.0 Å². The Hall–Kier alpha value is -6.74. The summed E-state index contributed by atoms with van der Waals surface area (Å²) < 4.78 is 88.7. The third-order valence-electron chi connectivity index (χ3n) is 12.8. The lowest BCUT2D eigenvalue weighted by Gasteiger charge is -2.37. The Bertz CT molecular complexity index is 3120. The van der Waals surface area contributed by atoms with Gasteiger partial charge in [-0.1, -0.05) is 60.7 Å². The van der Waals surface area contributed by atoms with E-state index in [0.717, 1.165) is 89.6 Å². The number of hydrogen-bond acceptors (Lipinski definition) is 14. The first-order valence-electron chi connectivity index (χ1n) is 22.3. The minimum atomic E-state index is -3.87. The predicted molar refractivity (Wildman–Crippen MR) is 254 cm³/mol. The van der Waals surface area contributed by atoms with E-state index in [-0.39, 0.29) is 44.9 Å². The Kier molecular flexibility index (Phi) is 12.2. The van der Waals surface area contributed by atoms with Crippen LogP contribution >= 0.6 is 0 Å². The minimum Gasteiger partial charge on any atom is -0.299 e. The van der Waals surface area contributed by atoms with Gasteiger partial charge in [-0.15, -0.1) is 0 Å². The van der Waals surface area contributed by atoms with E-state index in [1.807, 2.05) is 45.8 Å². The number of rotatable bonds is 13. The second-order valence-electron chi connectivity index (χ2n) is 17.4. The lowest BCUT2D eigenvalue weighted by atomic mass is 10.0. The Morgan fingerprint density at radius 2 is 0.926 bits per heavy atom. The van der Waals surface area contributed by atoms with Crippen molar-refractivity contribution in [1.82, 2.24) is 49.3 Å². The van der Waals surface area contributed by atoms with Crippen molar-refractivity contribution in [2.24, 2.45) is 0 Å². The molecule has 350 valence electrons. The number of halogens is 2. The Morgan fingerprint density at radius 1 is 0.544 bits per heavy atom. The number of aromatic nitrogens is 8. The normalized spacial score (nSPS) is 15.9. The van der Waals surface area contributed by atoms with Gasteiger partial charge in [0, 0.05) is 51.8 Å². The van der Waals surface area contributed by atoms with E-state index in [9.17, 15) is 16.8 Å². The molecule has 0 atom stereocenters. The summed E-state index contributed by atoms with van der Waals surface area (Å²) in [6.07, 6.45) is 10.8. The van der Waals surface area contributed by atoms with Crippen LogP contribution in [0.3, 0.4) is 0 Å². The zero-order chi connectivity index (χ0) is 47.2. The smallest absolute Gasteiger partial charge is 0.175 e. The summed E-state index contributed by atoms with van der Waals surface area (Å²) in [6, 6.07) is 27.3. The van der Waals surface area contributed by atoms with Crippen LogP contribution in [0.15, 0.2) is 132 Å². The number of anilines is 4. The predicted octanol–water partition coefficient (Wildman–Crippen LogP) is 7.62. The summed E-state index contributed by atoms with van der Waals surface area (Å²) in [6.45, 7) is 4.87. The van der Waals surface area contributed by atoms with Gasteiger partial charge in [0.05, 0.1) is 45.0 Å².